The van der Waals surface area contributed by atoms with Crippen molar-refractivity contribution in [1.29, 1.82) is 0 Å². The zero-order chi connectivity index (χ0) is 11.7. The van der Waals surface area contributed by atoms with E-state index in [9.17, 15) is 0 Å². The maximum Gasteiger partial charge on any atom is 0.222 e. The average Bonchev–Trinajstić information content (AvgIpc) is 2.70. The Labute approximate surface area is 97.1 Å². The Hall–Kier alpha value is -2.56. The zero-order valence-electron chi connectivity index (χ0n) is 8.91. The first-order valence-electron chi connectivity index (χ1n) is 5.14. The Morgan fingerprint density at radius 3 is 2.71 bits per heavy atom. The molecule has 2 heterocycles. The first kappa shape index (κ1) is 9.65. The van der Waals surface area contributed by atoms with Crippen molar-refractivity contribution >= 4 is 17.9 Å². The van der Waals surface area contributed by atoms with Crippen LogP contribution in [0, 0.1) is 0 Å². The fraction of sp³-hybridized carbons (Fsp3) is 0. The van der Waals surface area contributed by atoms with Gasteiger partial charge < -0.3 is 5.73 Å². The number of rotatable bonds is 1. The molecule has 82 valence electrons. The van der Waals surface area contributed by atoms with Gasteiger partial charge in [0.2, 0.25) is 5.96 Å². The number of aliphatic imine (C=N–C) groups is 1. The maximum absolute atomic E-state index is 5.49. The Morgan fingerprint density at radius 2 is 1.88 bits per heavy atom. The number of nitrogens with two attached hydrogens (primary N) is 1. The van der Waals surface area contributed by atoms with E-state index in [1.165, 1.54) is 0 Å². The van der Waals surface area contributed by atoms with Crippen LogP contribution in [0.5, 0.6) is 0 Å². The molecule has 0 atom stereocenters. The highest BCUT2D eigenvalue weighted by atomic mass is 15.1. The number of fused-ring (bicyclic) bond motifs is 1. The highest BCUT2D eigenvalue weighted by molar-refractivity contribution is 5.83. The molecule has 0 saturated heterocycles. The fourth-order valence-corrected chi connectivity index (χ4v) is 1.57. The van der Waals surface area contributed by atoms with Crippen molar-refractivity contribution in [3.05, 3.63) is 52.9 Å². The van der Waals surface area contributed by atoms with Crippen LogP contribution in [0.2, 0.25) is 0 Å². The predicted molar refractivity (Wildman–Crippen MR) is 64.1 cm³/mol. The molecule has 5 nitrogen and oxygen atoms in total. The minimum Gasteiger partial charge on any atom is -0.368 e. The molecule has 0 bridgehead atoms. The summed E-state index contributed by atoms with van der Waals surface area (Å²) in [5.74, 6) is 0.755. The highest BCUT2D eigenvalue weighted by Crippen LogP contribution is 2.01. The lowest BCUT2D eigenvalue weighted by molar-refractivity contribution is 1.06. The molecule has 1 aliphatic heterocycles. The summed E-state index contributed by atoms with van der Waals surface area (Å²) in [7, 11) is 0. The van der Waals surface area contributed by atoms with Crippen LogP contribution in [-0.4, -0.2) is 15.9 Å². The summed E-state index contributed by atoms with van der Waals surface area (Å²) in [5.41, 5.74) is 7.13. The summed E-state index contributed by atoms with van der Waals surface area (Å²) in [5, 5.41) is 0.618. The quantitative estimate of drug-likeness (QED) is 0.732. The van der Waals surface area contributed by atoms with Gasteiger partial charge in [-0.15, -0.1) is 0 Å². The van der Waals surface area contributed by atoms with Crippen LogP contribution in [-0.2, 0) is 0 Å². The minimum absolute atomic E-state index is 0.228. The predicted octanol–water partition coefficient (Wildman–Crippen LogP) is -0.115. The second kappa shape index (κ2) is 3.79. The van der Waals surface area contributed by atoms with Gasteiger partial charge in [-0.1, -0.05) is 30.3 Å². The van der Waals surface area contributed by atoms with E-state index in [0.29, 0.717) is 16.7 Å². The van der Waals surface area contributed by atoms with E-state index in [4.69, 9.17) is 5.73 Å². The van der Waals surface area contributed by atoms with Gasteiger partial charge in [0.05, 0.1) is 6.20 Å². The average molecular weight is 223 g/mol. The van der Waals surface area contributed by atoms with E-state index in [-0.39, 0.29) is 5.96 Å². The second-order valence-electron chi connectivity index (χ2n) is 3.57. The van der Waals surface area contributed by atoms with Gasteiger partial charge in [0.15, 0.2) is 11.3 Å². The third-order valence-corrected chi connectivity index (χ3v) is 2.32. The summed E-state index contributed by atoms with van der Waals surface area (Å²) < 4.78 is 0. The number of benzene rings is 1. The molecule has 0 fully saturated rings. The molecular weight excluding hydrogens is 214 g/mol. The van der Waals surface area contributed by atoms with Crippen LogP contribution >= 0.6 is 0 Å². The topological polar surface area (TPSA) is 76.5 Å². The molecule has 1 aromatic carbocycles. The Kier molecular flexibility index (Phi) is 2.15. The molecule has 5 heteroatoms. The molecule has 2 aromatic rings. The van der Waals surface area contributed by atoms with Gasteiger partial charge in [-0.2, -0.15) is 4.99 Å². The van der Waals surface area contributed by atoms with Crippen molar-refractivity contribution in [3.8, 4) is 0 Å². The molecule has 0 unspecified atom stereocenters. The standard InChI is InChI=1S/C12H9N5/c13-12-15-9-7-14-10(16-11(9)17-12)6-8-4-2-1-3-5-8/h1-7H,(H2,13,16,17). The largest absolute Gasteiger partial charge is 0.368 e. The Morgan fingerprint density at radius 1 is 1.06 bits per heavy atom. The van der Waals surface area contributed by atoms with Crippen molar-refractivity contribution in [2.24, 2.45) is 15.7 Å². The molecule has 0 aliphatic carbocycles. The van der Waals surface area contributed by atoms with Gasteiger partial charge >= 0.3 is 0 Å². The van der Waals surface area contributed by atoms with Crippen LogP contribution in [0.25, 0.3) is 6.08 Å². The van der Waals surface area contributed by atoms with E-state index in [0.717, 1.165) is 5.56 Å². The molecule has 0 saturated carbocycles. The van der Waals surface area contributed by atoms with Crippen LogP contribution in [0.3, 0.4) is 0 Å². The van der Waals surface area contributed by atoms with Crippen LogP contribution in [0.15, 0.2) is 46.5 Å². The van der Waals surface area contributed by atoms with Crippen LogP contribution < -0.4 is 16.6 Å². The van der Waals surface area contributed by atoms with Gasteiger partial charge in [-0.3, -0.25) is 0 Å². The molecule has 0 spiro atoms. The van der Waals surface area contributed by atoms with Crippen LogP contribution in [0.4, 0.5) is 5.82 Å². The SMILES string of the molecule is NC1=Nc2nc(=Cc3ccccc3)ncc2=N1. The van der Waals surface area contributed by atoms with Gasteiger partial charge in [-0.05, 0) is 11.6 Å². The maximum atomic E-state index is 5.49. The first-order chi connectivity index (χ1) is 8.31. The summed E-state index contributed by atoms with van der Waals surface area (Å²) >= 11 is 0. The smallest absolute Gasteiger partial charge is 0.222 e. The monoisotopic (exact) mass is 223 g/mol. The number of guanidine groups is 1. The minimum atomic E-state index is 0.228. The third kappa shape index (κ3) is 1.90. The molecule has 1 aliphatic rings. The number of hydrogen-bond acceptors (Lipinski definition) is 5. The van der Waals surface area contributed by atoms with E-state index in [1.807, 2.05) is 36.4 Å². The molecule has 1 aromatic heterocycles. The van der Waals surface area contributed by atoms with E-state index in [1.54, 1.807) is 6.20 Å². The van der Waals surface area contributed by atoms with Crippen molar-refractivity contribution < 1.29 is 0 Å². The van der Waals surface area contributed by atoms with E-state index < -0.39 is 0 Å². The number of aromatic nitrogens is 2. The van der Waals surface area contributed by atoms with Gasteiger partial charge in [-0.25, -0.2) is 15.0 Å². The van der Waals surface area contributed by atoms with Crippen LogP contribution in [0.1, 0.15) is 5.56 Å². The summed E-state index contributed by atoms with van der Waals surface area (Å²) in [6.45, 7) is 0. The molecular formula is C12H9N5. The normalized spacial score (nSPS) is 14.1. The molecule has 2 N–H and O–H groups in total. The van der Waals surface area contributed by atoms with Crippen molar-refractivity contribution in [2.45, 2.75) is 0 Å². The van der Waals surface area contributed by atoms with E-state index in [2.05, 4.69) is 20.0 Å². The third-order valence-electron chi connectivity index (χ3n) is 2.32. The lowest BCUT2D eigenvalue weighted by Crippen LogP contribution is -2.17. The molecule has 0 radical (unpaired) electrons. The number of nitrogens with zero attached hydrogens (tertiary/aromatic N) is 4. The Bertz CT molecular complexity index is 703. The van der Waals surface area contributed by atoms with Gasteiger partial charge in [0.1, 0.15) is 5.36 Å². The Balaban J connectivity index is 2.11. The summed E-state index contributed by atoms with van der Waals surface area (Å²) in [4.78, 5) is 16.5. The summed E-state index contributed by atoms with van der Waals surface area (Å²) in [6, 6.07) is 9.86. The van der Waals surface area contributed by atoms with Gasteiger partial charge in [0, 0.05) is 0 Å². The lowest BCUT2D eigenvalue weighted by Gasteiger charge is -1.91. The highest BCUT2D eigenvalue weighted by Gasteiger charge is 2.05. The molecule has 17 heavy (non-hydrogen) atoms. The second-order valence-corrected chi connectivity index (χ2v) is 3.57. The lowest BCUT2D eigenvalue weighted by atomic mass is 10.2. The van der Waals surface area contributed by atoms with E-state index >= 15 is 0 Å². The summed E-state index contributed by atoms with van der Waals surface area (Å²) in [6.07, 6.45) is 3.50. The zero-order valence-corrected chi connectivity index (χ0v) is 8.91. The molecule has 0 amide bonds. The molecule has 3 rings (SSSR count). The van der Waals surface area contributed by atoms with Crippen molar-refractivity contribution in [3.63, 3.8) is 0 Å². The van der Waals surface area contributed by atoms with Crippen molar-refractivity contribution in [1.82, 2.24) is 9.97 Å². The first-order valence-corrected chi connectivity index (χ1v) is 5.14. The van der Waals surface area contributed by atoms with Gasteiger partial charge in [0.25, 0.3) is 0 Å². The number of hydrogen-bond donors (Lipinski definition) is 1. The fourth-order valence-electron chi connectivity index (χ4n) is 1.57. The van der Waals surface area contributed by atoms with Crippen molar-refractivity contribution in [2.75, 3.05) is 0 Å².